The predicted octanol–water partition coefficient (Wildman–Crippen LogP) is 1.95. The Morgan fingerprint density at radius 3 is 1.17 bits per heavy atom. The van der Waals surface area contributed by atoms with Crippen molar-refractivity contribution in [1.82, 2.24) is 0 Å². The molecular weight excluding hydrogens is 423 g/mol. The van der Waals surface area contributed by atoms with E-state index in [2.05, 4.69) is 0 Å². The third-order valence-corrected chi connectivity index (χ3v) is 0. The van der Waals surface area contributed by atoms with E-state index in [-0.39, 0.29) is 0 Å². The van der Waals surface area contributed by atoms with E-state index >= 15 is 0 Å². The molecule has 0 saturated heterocycles. The van der Waals surface area contributed by atoms with Gasteiger partial charge in [-0.25, -0.2) is 0 Å². The molecule has 39 valence electrons. The van der Waals surface area contributed by atoms with E-state index in [0.29, 0.717) is 38.5 Å². The second kappa shape index (κ2) is 11.2. The summed E-state index contributed by atoms with van der Waals surface area (Å²) >= 11 is -1.78. The summed E-state index contributed by atoms with van der Waals surface area (Å²) in [5.41, 5.74) is 0. The molecule has 0 aromatic rings. The van der Waals surface area contributed by atoms with E-state index in [0.717, 1.165) is 0 Å². The Morgan fingerprint density at radius 2 is 1.17 bits per heavy atom. The van der Waals surface area contributed by atoms with Crippen molar-refractivity contribution >= 4 is 17.7 Å². The van der Waals surface area contributed by atoms with Crippen molar-refractivity contribution in [3.05, 3.63) is 0 Å². The predicted molar refractivity (Wildman–Crippen MR) is 18.2 cm³/mol. The molecule has 1 nitrogen and oxygen atoms in total. The van der Waals surface area contributed by atoms with Gasteiger partial charge in [-0.1, -0.05) is 0 Å². The van der Waals surface area contributed by atoms with E-state index in [4.69, 9.17) is 18.8 Å². The molecule has 0 rings (SSSR count). The number of halogens is 3. The van der Waals surface area contributed by atoms with E-state index in [1.807, 2.05) is 0 Å². The summed E-state index contributed by atoms with van der Waals surface area (Å²) < 4.78 is 8.33. The molecule has 0 spiro atoms. The van der Waals surface area contributed by atoms with Crippen LogP contribution in [-0.4, -0.2) is 0 Å². The summed E-state index contributed by atoms with van der Waals surface area (Å²) in [6.45, 7) is 0. The molecule has 0 aromatic heterocycles. The average molecular weight is 423 g/mol. The van der Waals surface area contributed by atoms with Gasteiger partial charge in [-0.05, 0) is 0 Å². The summed E-state index contributed by atoms with van der Waals surface area (Å²) in [7, 11) is 0. The van der Waals surface area contributed by atoms with Crippen LogP contribution >= 0.6 is 17.7 Å². The molecule has 6 heavy (non-hydrogen) atoms. The Labute approximate surface area is 83.8 Å². The summed E-state index contributed by atoms with van der Waals surface area (Å²) in [5.74, 6) is 15.0. The number of rotatable bonds is 0. The van der Waals surface area contributed by atoms with Crippen LogP contribution in [0.2, 0.25) is 0 Å². The van der Waals surface area contributed by atoms with Crippen molar-refractivity contribution in [1.29, 1.82) is 0 Å². The van der Waals surface area contributed by atoms with Gasteiger partial charge in [0.05, 0.1) is 0 Å². The summed E-state index contributed by atoms with van der Waals surface area (Å²) in [4.78, 5) is 0. The van der Waals surface area contributed by atoms with Crippen LogP contribution in [-0.2, 0) is 1.11 Å². The molecule has 0 radical (unpaired) electrons. The van der Waals surface area contributed by atoms with Crippen LogP contribution < -0.4 is 0 Å². The monoisotopic (exact) mass is 425 g/mol. The van der Waals surface area contributed by atoms with Crippen LogP contribution in [0.1, 0.15) is 0 Å². The molecule has 0 N–H and O–H groups in total. The molecule has 0 aromatic carbocycles. The van der Waals surface area contributed by atoms with Crippen molar-refractivity contribution < 1.29 is 69.1 Å². The molecule has 6 heteroatoms. The Kier molecular flexibility index (Phi) is 22.5. The number of hydrogen-bond donors (Lipinski definition) is 0. The standard InChI is InChI=1S/3ClH.O.2Sm/h3*1H;;;/q;;;;;+3/p-3. The Bertz CT molecular complexity index is 20.0. The third kappa shape index (κ3) is 26.4. The summed E-state index contributed by atoms with van der Waals surface area (Å²) in [5, 5.41) is 0. The van der Waals surface area contributed by atoms with Gasteiger partial charge in [0.1, 0.15) is 0 Å². The molecular formula is Cl3OSm2. The van der Waals surface area contributed by atoms with Crippen LogP contribution in [0.3, 0.4) is 0 Å². The minimum atomic E-state index is -2.11. The van der Waals surface area contributed by atoms with Gasteiger partial charge >= 0.3 is 86.8 Å². The van der Waals surface area contributed by atoms with Crippen LogP contribution in [0.5, 0.6) is 0 Å². The normalized spacial score (nSPS) is 6.67. The van der Waals surface area contributed by atoms with Gasteiger partial charge in [-0.15, -0.1) is 0 Å². The molecule has 0 amide bonds. The maximum absolute atomic E-state index is 8.33. The SMILES string of the molecule is [Cl][Sm]([Cl])[Cl].[O]=[Sm]. The van der Waals surface area contributed by atoms with E-state index in [9.17, 15) is 0 Å². The van der Waals surface area contributed by atoms with Crippen LogP contribution in [0.15, 0.2) is 0 Å². The van der Waals surface area contributed by atoms with Gasteiger partial charge < -0.3 is 0 Å². The molecule has 0 unspecified atom stereocenters. The first-order valence-corrected chi connectivity index (χ1v) is 11.5. The Balaban J connectivity index is 0. The zero-order valence-corrected chi connectivity index (χ0v) is 9.87. The molecule has 0 aliphatic carbocycles. The van der Waals surface area contributed by atoms with E-state index < -0.39 is 29.6 Å². The maximum atomic E-state index is 8.33. The average Bonchev–Trinajstić information content (AvgIpc) is 1.41. The van der Waals surface area contributed by atoms with Gasteiger partial charge in [-0.2, -0.15) is 0 Å². The molecule has 0 heterocycles. The van der Waals surface area contributed by atoms with Crippen LogP contribution in [0.4, 0.5) is 0 Å². The molecule has 0 saturated carbocycles. The zero-order valence-electron chi connectivity index (χ0n) is 2.36. The molecule has 0 fully saturated rings. The molecule has 0 atom stereocenters. The molecule has 0 aliphatic rings. The van der Waals surface area contributed by atoms with Gasteiger partial charge in [-0.3, -0.25) is 0 Å². The van der Waals surface area contributed by atoms with Crippen molar-refractivity contribution in [3.63, 3.8) is 0 Å². The first-order valence-electron chi connectivity index (χ1n) is 0.630. The fourth-order valence-corrected chi connectivity index (χ4v) is 0. The van der Waals surface area contributed by atoms with Gasteiger partial charge in [0.15, 0.2) is 0 Å². The Hall–Kier alpha value is 3.35. The van der Waals surface area contributed by atoms with E-state index in [1.54, 1.807) is 0 Å². The van der Waals surface area contributed by atoms with Gasteiger partial charge in [0.2, 0.25) is 0 Å². The van der Waals surface area contributed by atoms with Crippen molar-refractivity contribution in [2.75, 3.05) is 0 Å². The fraction of sp³-hybridized carbons (Fsp3) is 0. The van der Waals surface area contributed by atoms with Gasteiger partial charge in [0, 0.05) is 0 Å². The summed E-state index contributed by atoms with van der Waals surface area (Å²) in [6, 6.07) is 0. The first-order chi connectivity index (χ1) is 2.73. The topological polar surface area (TPSA) is 17.1 Å². The second-order valence-electron chi connectivity index (χ2n) is 0.175. The molecule has 0 aliphatic heterocycles. The number of hydrogen-bond acceptors (Lipinski definition) is 1. The Morgan fingerprint density at radius 1 is 1.17 bits per heavy atom. The van der Waals surface area contributed by atoms with Crippen molar-refractivity contribution in [3.8, 4) is 0 Å². The zero-order chi connectivity index (χ0) is 5.58. The first kappa shape index (κ1) is 12.1. The third-order valence-electron chi connectivity index (χ3n) is 0. The van der Waals surface area contributed by atoms with Crippen molar-refractivity contribution in [2.24, 2.45) is 0 Å². The van der Waals surface area contributed by atoms with E-state index in [1.165, 1.54) is 0 Å². The van der Waals surface area contributed by atoms with Crippen LogP contribution in [0, 0.1) is 68.0 Å². The quantitative estimate of drug-likeness (QED) is 0.583. The minimum absolute atomic E-state index is 0.333. The van der Waals surface area contributed by atoms with Gasteiger partial charge in [0.25, 0.3) is 0 Å². The second-order valence-corrected chi connectivity index (χ2v) is 11.7. The molecule has 0 bridgehead atoms. The summed E-state index contributed by atoms with van der Waals surface area (Å²) in [6.07, 6.45) is 0. The van der Waals surface area contributed by atoms with Crippen LogP contribution in [0.25, 0.3) is 0 Å². The van der Waals surface area contributed by atoms with Crippen molar-refractivity contribution in [2.45, 2.75) is 0 Å². The fourth-order valence-electron chi connectivity index (χ4n) is 0.